The maximum atomic E-state index is 15.5. The van der Waals surface area contributed by atoms with Gasteiger partial charge in [0.1, 0.15) is 17.1 Å². The number of fused-ring (bicyclic) bond motifs is 2. The summed E-state index contributed by atoms with van der Waals surface area (Å²) in [6, 6.07) is 19.0. The Morgan fingerprint density at radius 2 is 1.62 bits per heavy atom. The van der Waals surface area contributed by atoms with Gasteiger partial charge in [0, 0.05) is 24.1 Å². The van der Waals surface area contributed by atoms with Gasteiger partial charge in [-0.05, 0) is 68.7 Å². The molecule has 66 heavy (non-hydrogen) atoms. The van der Waals surface area contributed by atoms with Gasteiger partial charge in [0.25, 0.3) is 0 Å². The topological polar surface area (TPSA) is 162 Å². The standard InChI is InChI=1S/C49H55FN9O6P/c1-29-24-37(25-30(2)43(29)50)59-44(57-17-16-56(48(57)62)36-7-9-38(10-8-36)66(63)22-18-54(5)19-23-66)42-32(4)55(15-12-39(42)52-59)45(60)41-27-35-26-34(33-13-20-64-21-14-33)6-11-40(35)58(41)49(28-31(49)3)46-51-47(61)65-53-46/h6-11,16-17,24-27,31-33,63,66H,12-15,18-23,28H2,1-5H3,(H,51,53,61)/t31-,32-,49-/m0/s1. The summed E-state index contributed by atoms with van der Waals surface area (Å²) in [6.07, 6.45) is 7.83. The first-order valence-electron chi connectivity index (χ1n) is 23.1. The van der Waals surface area contributed by atoms with Crippen LogP contribution in [0.2, 0.25) is 0 Å². The van der Waals surface area contributed by atoms with E-state index in [1.807, 2.05) is 42.2 Å². The van der Waals surface area contributed by atoms with E-state index in [1.54, 1.807) is 52.2 Å². The second kappa shape index (κ2) is 15.9. The summed E-state index contributed by atoms with van der Waals surface area (Å²) >= 11 is 0. The van der Waals surface area contributed by atoms with E-state index in [2.05, 4.69) is 51.8 Å². The average molecular weight is 916 g/mol. The summed E-state index contributed by atoms with van der Waals surface area (Å²) in [5.74, 6) is 0.0248. The summed E-state index contributed by atoms with van der Waals surface area (Å²) in [6.45, 7) is 10.9. The van der Waals surface area contributed by atoms with Gasteiger partial charge >= 0.3 is 215 Å². The zero-order valence-electron chi connectivity index (χ0n) is 37.9. The minimum Gasteiger partial charge on any atom is -0.206 e. The second-order valence-corrected chi connectivity index (χ2v) is 22.8. The van der Waals surface area contributed by atoms with Crippen LogP contribution in [0.5, 0.6) is 0 Å². The summed E-state index contributed by atoms with van der Waals surface area (Å²) < 4.78 is 32.8. The molecule has 7 heterocycles. The number of ether oxygens (including phenoxy) is 1. The number of carbonyl (C=O) groups is 1. The Morgan fingerprint density at radius 3 is 2.29 bits per heavy atom. The van der Waals surface area contributed by atoms with Crippen LogP contribution in [0.4, 0.5) is 4.39 Å². The van der Waals surface area contributed by atoms with Gasteiger partial charge in [0.15, 0.2) is 5.82 Å². The molecule has 2 N–H and O–H groups in total. The number of nitrogens with zero attached hydrogens (tertiary/aromatic N) is 8. The van der Waals surface area contributed by atoms with Gasteiger partial charge in [0.05, 0.1) is 0 Å². The molecule has 1 saturated carbocycles. The first-order valence-corrected chi connectivity index (χ1v) is 25.4. The average Bonchev–Trinajstić information content (AvgIpc) is 3.82. The van der Waals surface area contributed by atoms with Crippen molar-refractivity contribution in [3.8, 4) is 17.2 Å². The summed E-state index contributed by atoms with van der Waals surface area (Å²) in [7, 11) is -0.561. The first kappa shape index (κ1) is 42.7. The van der Waals surface area contributed by atoms with E-state index in [9.17, 15) is 14.5 Å². The van der Waals surface area contributed by atoms with E-state index in [4.69, 9.17) is 14.4 Å². The Balaban J connectivity index is 1.02. The molecule has 3 atom stereocenters. The third-order valence-electron chi connectivity index (χ3n) is 15.1. The van der Waals surface area contributed by atoms with Crippen molar-refractivity contribution in [1.29, 1.82) is 0 Å². The molecule has 0 radical (unpaired) electrons. The van der Waals surface area contributed by atoms with Crippen LogP contribution >= 0.6 is 7.49 Å². The molecular formula is C49H55FN9O6P. The molecule has 4 aliphatic rings. The molecule has 11 rings (SSSR count). The number of halogens is 1. The zero-order valence-corrected chi connectivity index (χ0v) is 38.9. The third-order valence-corrected chi connectivity index (χ3v) is 18.6. The third kappa shape index (κ3) is 6.78. The Morgan fingerprint density at radius 1 is 0.924 bits per heavy atom. The summed E-state index contributed by atoms with van der Waals surface area (Å²) in [4.78, 5) is 61.2. The molecule has 0 bridgehead atoms. The Labute approximate surface area is 380 Å². The van der Waals surface area contributed by atoms with Crippen molar-refractivity contribution in [2.45, 2.75) is 70.9 Å². The van der Waals surface area contributed by atoms with Crippen molar-refractivity contribution in [2.24, 2.45) is 5.92 Å². The van der Waals surface area contributed by atoms with Gasteiger partial charge in [0.2, 0.25) is 0 Å². The molecule has 3 fully saturated rings. The molecule has 0 unspecified atom stereocenters. The number of aromatic amines is 1. The SMILES string of the molecule is Cc1cc(-n2nc3c(c2-n2ccn(-c4ccc([PH]5(O)CCN(C)CC5)cc4)c2=O)[C@H](C)N(C(=O)c2cc4cc(C5CCOCC5)ccc4n2[C@@]2(c4noc(=O)[nH]4)C[C@@H]2C)CC3)cc(C)c1F. The maximum absolute atomic E-state index is 15.5. The number of benzene rings is 3. The molecule has 15 nitrogen and oxygen atoms in total. The number of nitrogens with one attached hydrogen (secondary N) is 1. The summed E-state index contributed by atoms with van der Waals surface area (Å²) in [5.41, 5.74) is 4.90. The number of aromatic nitrogens is 7. The molecule has 0 spiro atoms. The molecule has 4 aromatic heterocycles. The number of hydrogen-bond acceptors (Lipinski definition) is 9. The molecule has 1 amide bonds. The monoisotopic (exact) mass is 915 g/mol. The van der Waals surface area contributed by atoms with Gasteiger partial charge in [-0.2, -0.15) is 0 Å². The van der Waals surface area contributed by atoms with Gasteiger partial charge < -0.3 is 9.30 Å². The van der Waals surface area contributed by atoms with Crippen LogP contribution in [0.15, 0.2) is 87.2 Å². The predicted molar refractivity (Wildman–Crippen MR) is 251 cm³/mol. The first-order chi connectivity index (χ1) is 31.8. The zero-order chi connectivity index (χ0) is 45.8. The molecule has 3 aliphatic heterocycles. The molecule has 1 aliphatic carbocycles. The van der Waals surface area contributed by atoms with Crippen LogP contribution in [-0.4, -0.2) is 106 Å². The minimum absolute atomic E-state index is 0.0293. The van der Waals surface area contributed by atoms with Crippen LogP contribution in [-0.2, 0) is 16.7 Å². The Bertz CT molecular complexity index is 3140. The molecule has 17 heteroatoms. The quantitative estimate of drug-likeness (QED) is 0.178. The van der Waals surface area contributed by atoms with E-state index < -0.39 is 24.8 Å². The molecule has 344 valence electrons. The van der Waals surface area contributed by atoms with Crippen LogP contribution in [0.1, 0.15) is 89.3 Å². The summed E-state index contributed by atoms with van der Waals surface area (Å²) in [5, 5.41) is 11.2. The van der Waals surface area contributed by atoms with Crippen molar-refractivity contribution in [2.75, 3.05) is 52.2 Å². The van der Waals surface area contributed by atoms with Gasteiger partial charge in [-0.15, -0.1) is 0 Å². The number of hydrogen-bond donors (Lipinski definition) is 2. The smallest absolute Gasteiger partial charge is 0.206 e. The number of rotatable bonds is 8. The van der Waals surface area contributed by atoms with E-state index >= 15 is 9.18 Å². The van der Waals surface area contributed by atoms with Crippen molar-refractivity contribution in [1.82, 2.24) is 43.4 Å². The fourth-order valence-corrected chi connectivity index (χ4v) is 14.3. The van der Waals surface area contributed by atoms with Crippen LogP contribution < -0.4 is 16.8 Å². The normalized spacial score (nSPS) is 22.7. The van der Waals surface area contributed by atoms with Crippen LogP contribution in [0.3, 0.4) is 0 Å². The van der Waals surface area contributed by atoms with E-state index in [0.717, 1.165) is 60.2 Å². The number of amides is 1. The van der Waals surface area contributed by atoms with E-state index in [0.29, 0.717) is 83.9 Å². The second-order valence-electron chi connectivity index (χ2n) is 19.2. The molecule has 3 aromatic carbocycles. The van der Waals surface area contributed by atoms with Crippen molar-refractivity contribution in [3.63, 3.8) is 0 Å². The number of H-pyrrole nitrogens is 1. The van der Waals surface area contributed by atoms with E-state index in [-0.39, 0.29) is 23.3 Å². The molecule has 7 aromatic rings. The van der Waals surface area contributed by atoms with Crippen molar-refractivity contribution < 1.29 is 23.3 Å². The fraction of sp³-hybridized carbons (Fsp3) is 0.408. The van der Waals surface area contributed by atoms with E-state index in [1.165, 1.54) is 5.56 Å². The number of carbonyl (C=O) groups excluding carboxylic acids is 1. The van der Waals surface area contributed by atoms with Gasteiger partial charge in [-0.25, -0.2) is 9.18 Å². The van der Waals surface area contributed by atoms with Gasteiger partial charge in [-0.1, -0.05) is 18.1 Å². The fourth-order valence-electron chi connectivity index (χ4n) is 11.2. The predicted octanol–water partition coefficient (Wildman–Crippen LogP) is 5.87. The van der Waals surface area contributed by atoms with Crippen molar-refractivity contribution >= 4 is 29.6 Å². The number of aryl methyl sites for hydroxylation is 2. The van der Waals surface area contributed by atoms with Gasteiger partial charge in [-0.3, -0.25) is 14.3 Å². The molecular weight excluding hydrogens is 861 g/mol. The Hall–Kier alpha value is -5.93. The number of imidazole rings is 1. The van der Waals surface area contributed by atoms with Crippen LogP contribution in [0.25, 0.3) is 28.1 Å². The van der Waals surface area contributed by atoms with Crippen LogP contribution in [0, 0.1) is 25.6 Å². The molecule has 2 saturated heterocycles. The Kier molecular flexibility index (Phi) is 10.3. The van der Waals surface area contributed by atoms with Crippen molar-refractivity contribution in [3.05, 3.63) is 139 Å². The minimum atomic E-state index is -2.64.